The van der Waals surface area contributed by atoms with Gasteiger partial charge < -0.3 is 4.57 Å². The van der Waals surface area contributed by atoms with Crippen LogP contribution >= 0.6 is 0 Å². The van der Waals surface area contributed by atoms with Crippen molar-refractivity contribution < 1.29 is 13.2 Å². The van der Waals surface area contributed by atoms with E-state index in [9.17, 15) is 13.2 Å². The molecule has 1 aromatic heterocycles. The lowest BCUT2D eigenvalue weighted by Crippen LogP contribution is -2.39. The topological polar surface area (TPSA) is 21.1 Å². The van der Waals surface area contributed by atoms with Crippen LogP contribution in [0.1, 0.15) is 25.4 Å². The molecule has 0 spiro atoms. The predicted molar refractivity (Wildman–Crippen MR) is 52.8 cm³/mol. The van der Waals surface area contributed by atoms with E-state index in [-0.39, 0.29) is 0 Å². The van der Waals surface area contributed by atoms with Crippen LogP contribution in [0.4, 0.5) is 13.2 Å². The number of rotatable bonds is 1. The molecule has 90 valence electrons. The first-order valence-corrected chi connectivity index (χ1v) is 5.25. The summed E-state index contributed by atoms with van der Waals surface area (Å²) < 4.78 is 39.0. The maximum Gasteiger partial charge on any atom is 0.449 e. The summed E-state index contributed by atoms with van der Waals surface area (Å²) in [4.78, 5) is 5.61. The Morgan fingerprint density at radius 1 is 1.31 bits per heavy atom. The van der Waals surface area contributed by atoms with Gasteiger partial charge in [-0.3, -0.25) is 4.90 Å². The van der Waals surface area contributed by atoms with Gasteiger partial charge in [-0.1, -0.05) is 0 Å². The molecule has 0 saturated carbocycles. The molecular weight excluding hydrogens is 219 g/mol. The van der Waals surface area contributed by atoms with E-state index in [2.05, 4.69) is 9.88 Å². The highest BCUT2D eigenvalue weighted by Gasteiger charge is 2.38. The molecule has 3 nitrogen and oxygen atoms in total. The Kier molecular flexibility index (Phi) is 2.69. The fraction of sp³-hybridized carbons (Fsp3) is 0.700. The first kappa shape index (κ1) is 11.4. The molecular formula is C10H14F3N3. The van der Waals surface area contributed by atoms with Crippen LogP contribution in [0.15, 0.2) is 6.20 Å². The van der Waals surface area contributed by atoms with Crippen molar-refractivity contribution in [2.24, 2.45) is 0 Å². The van der Waals surface area contributed by atoms with Crippen molar-refractivity contribution in [3.8, 4) is 0 Å². The Bertz CT molecular complexity index is 381. The van der Waals surface area contributed by atoms with Crippen LogP contribution in [0.3, 0.4) is 0 Å². The summed E-state index contributed by atoms with van der Waals surface area (Å²) in [5, 5.41) is 0. The summed E-state index contributed by atoms with van der Waals surface area (Å²) in [5.41, 5.74) is 0.646. The molecule has 1 aromatic rings. The Labute approximate surface area is 91.9 Å². The second-order valence-electron chi connectivity index (χ2n) is 4.29. The van der Waals surface area contributed by atoms with Crippen LogP contribution in [-0.4, -0.2) is 27.0 Å². The smallest absolute Gasteiger partial charge is 0.322 e. The van der Waals surface area contributed by atoms with Crippen molar-refractivity contribution in [1.29, 1.82) is 0 Å². The summed E-state index contributed by atoms with van der Waals surface area (Å²) >= 11 is 0. The Morgan fingerprint density at radius 2 is 2.00 bits per heavy atom. The van der Waals surface area contributed by atoms with Gasteiger partial charge in [0.2, 0.25) is 5.82 Å². The first-order valence-electron chi connectivity index (χ1n) is 5.25. The second-order valence-corrected chi connectivity index (χ2v) is 4.29. The van der Waals surface area contributed by atoms with Crippen molar-refractivity contribution in [3.63, 3.8) is 0 Å². The van der Waals surface area contributed by atoms with Gasteiger partial charge in [0, 0.05) is 25.7 Å². The lowest BCUT2D eigenvalue weighted by Gasteiger charge is -2.31. The van der Waals surface area contributed by atoms with Gasteiger partial charge in [-0.15, -0.1) is 0 Å². The minimum Gasteiger partial charge on any atom is -0.322 e. The standard InChI is InChI=1S/C10H14F3N3/c1-7(2)15-3-4-16-8(6-15)5-14-9(16)10(11,12)13/h5,7H,3-4,6H2,1-2H3. The third-order valence-electron chi connectivity index (χ3n) is 2.90. The number of hydrogen-bond acceptors (Lipinski definition) is 2. The van der Waals surface area contributed by atoms with E-state index in [4.69, 9.17) is 0 Å². The fourth-order valence-electron chi connectivity index (χ4n) is 1.97. The van der Waals surface area contributed by atoms with Gasteiger partial charge in [0.1, 0.15) is 0 Å². The minimum atomic E-state index is -4.35. The molecule has 16 heavy (non-hydrogen) atoms. The third kappa shape index (κ3) is 1.93. The number of aromatic nitrogens is 2. The maximum atomic E-state index is 12.6. The highest BCUT2D eigenvalue weighted by Crippen LogP contribution is 2.30. The Balaban J connectivity index is 2.27. The van der Waals surface area contributed by atoms with Crippen LogP contribution < -0.4 is 0 Å². The van der Waals surface area contributed by atoms with Gasteiger partial charge in [-0.25, -0.2) is 4.98 Å². The SMILES string of the molecule is CC(C)N1CCn2c(cnc2C(F)(F)F)C1. The zero-order chi connectivity index (χ0) is 11.9. The van der Waals surface area contributed by atoms with Gasteiger partial charge in [-0.05, 0) is 13.8 Å². The summed E-state index contributed by atoms with van der Waals surface area (Å²) in [7, 11) is 0. The minimum absolute atomic E-state index is 0.345. The summed E-state index contributed by atoms with van der Waals surface area (Å²) in [6.07, 6.45) is -3.02. The van der Waals surface area contributed by atoms with E-state index < -0.39 is 12.0 Å². The molecule has 0 aliphatic carbocycles. The number of imidazole rings is 1. The third-order valence-corrected chi connectivity index (χ3v) is 2.90. The highest BCUT2D eigenvalue weighted by molar-refractivity contribution is 5.10. The number of alkyl halides is 3. The van der Waals surface area contributed by atoms with Crippen LogP contribution in [-0.2, 0) is 19.3 Å². The zero-order valence-corrected chi connectivity index (χ0v) is 9.25. The number of halogens is 3. The van der Waals surface area contributed by atoms with E-state index >= 15 is 0 Å². The van der Waals surface area contributed by atoms with Gasteiger partial charge in [0.25, 0.3) is 0 Å². The van der Waals surface area contributed by atoms with Gasteiger partial charge in [-0.2, -0.15) is 13.2 Å². The maximum absolute atomic E-state index is 12.6. The summed E-state index contributed by atoms with van der Waals surface area (Å²) in [6, 6.07) is 0.345. The zero-order valence-electron chi connectivity index (χ0n) is 9.25. The number of fused-ring (bicyclic) bond motifs is 1. The van der Waals surface area contributed by atoms with Gasteiger partial charge >= 0.3 is 6.18 Å². The van der Waals surface area contributed by atoms with E-state index in [0.29, 0.717) is 31.4 Å². The van der Waals surface area contributed by atoms with Crippen molar-refractivity contribution in [2.75, 3.05) is 6.54 Å². The molecule has 0 atom stereocenters. The van der Waals surface area contributed by atoms with E-state index in [1.807, 2.05) is 13.8 Å². The van der Waals surface area contributed by atoms with Crippen LogP contribution in [0, 0.1) is 0 Å². The molecule has 6 heteroatoms. The number of hydrogen-bond donors (Lipinski definition) is 0. The molecule has 1 aliphatic heterocycles. The largest absolute Gasteiger partial charge is 0.449 e. The molecule has 0 unspecified atom stereocenters. The molecule has 0 N–H and O–H groups in total. The monoisotopic (exact) mass is 233 g/mol. The Morgan fingerprint density at radius 3 is 2.56 bits per heavy atom. The quantitative estimate of drug-likeness (QED) is 0.741. The van der Waals surface area contributed by atoms with Crippen molar-refractivity contribution in [2.45, 2.75) is 39.2 Å². The predicted octanol–water partition coefficient (Wildman–Crippen LogP) is 2.13. The summed E-state index contributed by atoms with van der Waals surface area (Å²) in [6.45, 7) is 5.63. The lowest BCUT2D eigenvalue weighted by molar-refractivity contribution is -0.147. The molecule has 0 radical (unpaired) electrons. The van der Waals surface area contributed by atoms with Gasteiger partial charge in [0.15, 0.2) is 0 Å². The van der Waals surface area contributed by atoms with Gasteiger partial charge in [0.05, 0.1) is 11.9 Å². The molecule has 0 amide bonds. The molecule has 2 heterocycles. The summed E-state index contributed by atoms with van der Waals surface area (Å²) in [5.74, 6) is -0.772. The average Bonchev–Trinajstić information content (AvgIpc) is 2.58. The van der Waals surface area contributed by atoms with E-state index in [0.717, 1.165) is 0 Å². The molecule has 2 rings (SSSR count). The van der Waals surface area contributed by atoms with E-state index in [1.54, 1.807) is 0 Å². The van der Waals surface area contributed by atoms with Crippen LogP contribution in [0.5, 0.6) is 0 Å². The molecule has 0 aromatic carbocycles. The molecule has 0 bridgehead atoms. The van der Waals surface area contributed by atoms with Crippen molar-refractivity contribution >= 4 is 0 Å². The van der Waals surface area contributed by atoms with Crippen LogP contribution in [0.2, 0.25) is 0 Å². The van der Waals surface area contributed by atoms with E-state index in [1.165, 1.54) is 10.8 Å². The highest BCUT2D eigenvalue weighted by atomic mass is 19.4. The Hall–Kier alpha value is -1.04. The first-order chi connectivity index (χ1) is 7.39. The van der Waals surface area contributed by atoms with Crippen molar-refractivity contribution in [1.82, 2.24) is 14.5 Å². The van der Waals surface area contributed by atoms with Crippen molar-refractivity contribution in [3.05, 3.63) is 17.7 Å². The second kappa shape index (κ2) is 3.76. The average molecular weight is 233 g/mol. The lowest BCUT2D eigenvalue weighted by atomic mass is 10.2. The normalized spacial score (nSPS) is 17.9. The molecule has 0 fully saturated rings. The molecule has 0 saturated heterocycles. The fourth-order valence-corrected chi connectivity index (χ4v) is 1.97. The van der Waals surface area contributed by atoms with Crippen LogP contribution in [0.25, 0.3) is 0 Å². The number of nitrogens with zero attached hydrogens (tertiary/aromatic N) is 3. The molecule has 1 aliphatic rings.